The molecule has 666 valence electrons. The summed E-state index contributed by atoms with van der Waals surface area (Å²) in [5.41, 5.74) is 0. The third-order valence-electron chi connectivity index (χ3n) is 18.8. The Kier molecular flexibility index (Phi) is 85.3. The van der Waals surface area contributed by atoms with Crippen LogP contribution in [0.3, 0.4) is 0 Å². The number of phosphoric acid groups is 2. The molecule has 4 N–H and O–H groups in total. The van der Waals surface area contributed by atoms with Crippen LogP contribution in [0.4, 0.5) is 0 Å². The Bertz CT molecular complexity index is 2910. The number of hydrogen-bond acceptors (Lipinski definition) is 14. The zero-order valence-electron chi connectivity index (χ0n) is 73.3. The SMILES string of the molecule is CC/C=C\C/C=C\C/C=C\C/C=C\C/C=C\C/C=C\CCCCCCCCCCCCCCC(=O)OCC(O)COP(=O)(O)OCC(O)COP(=O)(O)OCC(COC(=O)CCCCCCCCCCCCC/C=C\C/C=C\C/C=C\C/C=C\CCCCC)OC(=O)CCCCCC/C=C\C/C=C\C/C=C\C/C=C\C/C=C\C/C=C\CC. The number of ether oxygens (including phenoxy) is 3. The van der Waals surface area contributed by atoms with Crippen molar-refractivity contribution in [3.8, 4) is 0 Å². The summed E-state index contributed by atoms with van der Waals surface area (Å²) in [7, 11) is -9.83. The Morgan fingerprint density at radius 1 is 0.248 bits per heavy atom. The first kappa shape index (κ1) is 111. The van der Waals surface area contributed by atoms with Gasteiger partial charge in [-0.1, -0.05) is 363 Å². The zero-order valence-corrected chi connectivity index (χ0v) is 75.1. The number of esters is 3. The third-order valence-corrected chi connectivity index (χ3v) is 20.7. The lowest BCUT2D eigenvalue weighted by atomic mass is 10.0. The summed E-state index contributed by atoms with van der Waals surface area (Å²) in [6.45, 7) is 2.41. The summed E-state index contributed by atoms with van der Waals surface area (Å²) in [6, 6.07) is 0. The minimum absolute atomic E-state index is 0.0677. The smallest absolute Gasteiger partial charge is 0.463 e. The predicted molar refractivity (Wildman–Crippen MR) is 491 cm³/mol. The molecule has 117 heavy (non-hydrogen) atoms. The highest BCUT2D eigenvalue weighted by atomic mass is 31.2. The summed E-state index contributed by atoms with van der Waals surface area (Å²) >= 11 is 0. The minimum Gasteiger partial charge on any atom is -0.463 e. The second-order valence-corrected chi connectivity index (χ2v) is 32.9. The Balaban J connectivity index is 4.66. The van der Waals surface area contributed by atoms with E-state index in [0.29, 0.717) is 19.3 Å². The van der Waals surface area contributed by atoms with Crippen LogP contribution in [0.15, 0.2) is 194 Å². The molecule has 0 bridgehead atoms. The van der Waals surface area contributed by atoms with Crippen LogP contribution in [-0.4, -0.2) is 95.9 Å². The van der Waals surface area contributed by atoms with Crippen LogP contribution in [0.5, 0.6) is 0 Å². The fourth-order valence-electron chi connectivity index (χ4n) is 11.9. The Labute approximate surface area is 712 Å². The van der Waals surface area contributed by atoms with E-state index < -0.39 is 91.5 Å². The molecule has 0 aromatic rings. The molecule has 0 spiro atoms. The highest BCUT2D eigenvalue weighted by molar-refractivity contribution is 7.47. The molecule has 5 unspecified atom stereocenters. The molecule has 0 aromatic carbocycles. The van der Waals surface area contributed by atoms with Crippen molar-refractivity contribution in [1.29, 1.82) is 0 Å². The number of carbonyl (C=O) groups is 3. The maximum absolute atomic E-state index is 13.1. The van der Waals surface area contributed by atoms with Gasteiger partial charge in [-0.25, -0.2) is 9.13 Å². The van der Waals surface area contributed by atoms with Crippen molar-refractivity contribution in [1.82, 2.24) is 0 Å². The number of aliphatic hydroxyl groups is 2. The fraction of sp³-hybridized carbons (Fsp3) is 0.646. The standard InChI is InChI=1S/C99H164O16P2/c1-4-7-10-13-16-19-22-25-28-31-34-37-40-42-44-45-46-47-49-51-53-55-58-61-64-67-70-73-76-79-82-85-97(102)109-88-94(100)89-111-116(105,106)112-90-95(101)91-113-117(107,108)114-93-96(115-99(104)87-84-81-78-75-72-69-66-63-60-57-52-39-36-33-30-27-24-21-18-15-12-9-6-3)92-110-98(103)86-83-80-77-74-71-68-65-62-59-56-54-50-48-43-41-38-35-32-29-26-23-20-17-14-11-8-5-2/h7,9-10,12,16-21,25-30,34-39,42-44,46-48,57,60,66,69,94-96,100-101H,4-6,8,11,13-15,22-24,31-33,40-41,45,49-56,58-59,61-65,67-68,70-93H2,1-3H3,(H,105,106)(H,107,108)/b10-7-,12-9-,19-16-,20-17-,21-18-,28-25-,29-26-,30-27-,37-34-,38-35-,39-36-,44-42-,47-46-,48-43-,60-57-,69-66-. The largest absolute Gasteiger partial charge is 0.472 e. The number of rotatable bonds is 85. The first-order valence-corrected chi connectivity index (χ1v) is 48.7. The summed E-state index contributed by atoms with van der Waals surface area (Å²) < 4.78 is 61.5. The number of hydrogen-bond donors (Lipinski definition) is 4. The van der Waals surface area contributed by atoms with Crippen molar-refractivity contribution in [3.05, 3.63) is 194 Å². The molecule has 0 radical (unpaired) electrons. The van der Waals surface area contributed by atoms with E-state index in [4.69, 9.17) is 32.3 Å². The highest BCUT2D eigenvalue weighted by Crippen LogP contribution is 2.45. The van der Waals surface area contributed by atoms with Gasteiger partial charge in [0, 0.05) is 19.3 Å². The van der Waals surface area contributed by atoms with Crippen LogP contribution in [0, 0.1) is 0 Å². The average molecular weight is 1670 g/mol. The normalized spacial score (nSPS) is 14.7. The van der Waals surface area contributed by atoms with Gasteiger partial charge in [0.25, 0.3) is 0 Å². The molecular formula is C99H164O16P2. The van der Waals surface area contributed by atoms with E-state index in [1.165, 1.54) is 116 Å². The van der Waals surface area contributed by atoms with Crippen LogP contribution < -0.4 is 0 Å². The monoisotopic (exact) mass is 1670 g/mol. The molecule has 0 aliphatic carbocycles. The summed E-state index contributed by atoms with van der Waals surface area (Å²) in [5, 5.41) is 20.7. The van der Waals surface area contributed by atoms with E-state index in [9.17, 15) is 43.5 Å². The van der Waals surface area contributed by atoms with E-state index in [-0.39, 0.29) is 19.3 Å². The number of allylic oxidation sites excluding steroid dienone is 32. The lowest BCUT2D eigenvalue weighted by Crippen LogP contribution is -2.30. The van der Waals surface area contributed by atoms with E-state index in [1.807, 2.05) is 0 Å². The zero-order chi connectivity index (χ0) is 85.1. The summed E-state index contributed by atoms with van der Waals surface area (Å²) in [5.74, 6) is -1.61. The van der Waals surface area contributed by atoms with Crippen LogP contribution in [0.2, 0.25) is 0 Å². The third kappa shape index (κ3) is 91.0. The summed E-state index contributed by atoms with van der Waals surface area (Å²) in [6.07, 6.45) is 119. The number of unbranched alkanes of at least 4 members (excludes halogenated alkanes) is 30. The molecule has 0 fully saturated rings. The van der Waals surface area contributed by atoms with Gasteiger partial charge in [0.1, 0.15) is 25.4 Å². The highest BCUT2D eigenvalue weighted by Gasteiger charge is 2.29. The van der Waals surface area contributed by atoms with Gasteiger partial charge in [0.15, 0.2) is 6.10 Å². The van der Waals surface area contributed by atoms with Gasteiger partial charge < -0.3 is 34.2 Å². The van der Waals surface area contributed by atoms with Crippen molar-refractivity contribution in [2.75, 3.05) is 39.6 Å². The second-order valence-electron chi connectivity index (χ2n) is 30.0. The maximum Gasteiger partial charge on any atom is 0.472 e. The molecule has 0 aliphatic rings. The Morgan fingerprint density at radius 2 is 0.453 bits per heavy atom. The molecule has 0 aromatic heterocycles. The van der Waals surface area contributed by atoms with Gasteiger partial charge in [-0.3, -0.25) is 32.5 Å². The average Bonchev–Trinajstić information content (AvgIpc) is 0.901. The molecule has 0 rings (SSSR count). The molecular weight excluding hydrogens is 1510 g/mol. The van der Waals surface area contributed by atoms with Crippen molar-refractivity contribution in [2.24, 2.45) is 0 Å². The van der Waals surface area contributed by atoms with Crippen molar-refractivity contribution < 1.29 is 75.8 Å². The lowest BCUT2D eigenvalue weighted by Gasteiger charge is -2.21. The number of carbonyl (C=O) groups excluding carboxylic acids is 3. The lowest BCUT2D eigenvalue weighted by molar-refractivity contribution is -0.161. The molecule has 0 heterocycles. The minimum atomic E-state index is -4.96. The molecule has 16 nitrogen and oxygen atoms in total. The van der Waals surface area contributed by atoms with Gasteiger partial charge in [0.05, 0.1) is 26.4 Å². The van der Waals surface area contributed by atoms with Crippen LogP contribution >= 0.6 is 15.6 Å². The molecule has 0 saturated heterocycles. The first-order chi connectivity index (χ1) is 57.2. The van der Waals surface area contributed by atoms with E-state index in [0.717, 1.165) is 180 Å². The van der Waals surface area contributed by atoms with Gasteiger partial charge >= 0.3 is 33.6 Å². The van der Waals surface area contributed by atoms with E-state index >= 15 is 0 Å². The summed E-state index contributed by atoms with van der Waals surface area (Å²) in [4.78, 5) is 59.0. The van der Waals surface area contributed by atoms with Crippen LogP contribution in [0.1, 0.15) is 355 Å². The van der Waals surface area contributed by atoms with Crippen LogP contribution in [-0.2, 0) is 55.8 Å². The van der Waals surface area contributed by atoms with Gasteiger partial charge in [-0.15, -0.1) is 0 Å². The van der Waals surface area contributed by atoms with Gasteiger partial charge in [0.2, 0.25) is 0 Å². The van der Waals surface area contributed by atoms with Crippen molar-refractivity contribution in [2.45, 2.75) is 373 Å². The molecule has 0 saturated carbocycles. The number of phosphoric ester groups is 2. The predicted octanol–water partition coefficient (Wildman–Crippen LogP) is 28.2. The topological polar surface area (TPSA) is 231 Å². The molecule has 18 heteroatoms. The molecule has 0 amide bonds. The van der Waals surface area contributed by atoms with E-state index in [2.05, 4.69) is 215 Å². The first-order valence-electron chi connectivity index (χ1n) is 45.7. The number of aliphatic hydroxyl groups excluding tert-OH is 2. The molecule has 0 aliphatic heterocycles. The molecule has 5 atom stereocenters. The second kappa shape index (κ2) is 89.6. The van der Waals surface area contributed by atoms with Crippen LogP contribution in [0.25, 0.3) is 0 Å². The maximum atomic E-state index is 13.1. The Hall–Kier alpha value is -5.61. The van der Waals surface area contributed by atoms with Gasteiger partial charge in [-0.2, -0.15) is 0 Å². The fourth-order valence-corrected chi connectivity index (χ4v) is 13.5. The Morgan fingerprint density at radius 3 is 0.718 bits per heavy atom. The van der Waals surface area contributed by atoms with Crippen molar-refractivity contribution in [3.63, 3.8) is 0 Å². The van der Waals surface area contributed by atoms with Gasteiger partial charge in [-0.05, 0) is 167 Å². The quantitative estimate of drug-likeness (QED) is 0.0146. The van der Waals surface area contributed by atoms with E-state index in [1.54, 1.807) is 0 Å². The van der Waals surface area contributed by atoms with Crippen molar-refractivity contribution >= 4 is 33.6 Å².